The summed E-state index contributed by atoms with van der Waals surface area (Å²) in [7, 11) is 1.54. The Labute approximate surface area is 182 Å². The second-order valence-corrected chi connectivity index (χ2v) is 7.13. The lowest BCUT2D eigenvalue weighted by Gasteiger charge is -2.16. The van der Waals surface area contributed by atoms with E-state index in [4.69, 9.17) is 42.7 Å². The Morgan fingerprint density at radius 2 is 2.03 bits per heavy atom. The molecule has 1 aliphatic rings. The Morgan fingerprint density at radius 1 is 1.38 bits per heavy atom. The molecule has 2 rings (SSSR count). The smallest absolute Gasteiger partial charge is 0.338 e. The molecule has 1 saturated heterocycles. The molecule has 0 bridgehead atoms. The first-order valence-electron chi connectivity index (χ1n) is 8.96. The van der Waals surface area contributed by atoms with E-state index in [1.54, 1.807) is 31.4 Å². The van der Waals surface area contributed by atoms with Crippen molar-refractivity contribution in [2.75, 3.05) is 13.7 Å². The molecule has 156 valence electrons. The minimum Gasteiger partial charge on any atom is -0.459 e. The number of ether oxygens (including phenoxy) is 3. The molecule has 0 N–H and O–H groups in total. The Morgan fingerprint density at radius 3 is 2.55 bits per heavy atom. The largest absolute Gasteiger partial charge is 0.459 e. The molecule has 0 spiro atoms. The lowest BCUT2D eigenvalue weighted by atomic mass is 10.1. The van der Waals surface area contributed by atoms with E-state index in [1.807, 2.05) is 38.1 Å². The quantitative estimate of drug-likeness (QED) is 0.436. The number of benzene rings is 1. The number of hydrogen-bond acceptors (Lipinski definition) is 5. The molecule has 29 heavy (non-hydrogen) atoms. The Bertz CT molecular complexity index is 781. The average Bonchev–Trinajstić information content (AvgIpc) is 3.13. The summed E-state index contributed by atoms with van der Waals surface area (Å²) in [6.45, 7) is 7.56. The number of carbonyl (C=O) groups is 1. The van der Waals surface area contributed by atoms with Crippen LogP contribution in [0, 0.1) is 11.3 Å². The first-order chi connectivity index (χ1) is 13.8. The van der Waals surface area contributed by atoms with Crippen LogP contribution in [0.3, 0.4) is 0 Å². The molecule has 0 radical (unpaired) electrons. The van der Waals surface area contributed by atoms with Crippen molar-refractivity contribution in [3.63, 3.8) is 0 Å². The molecule has 1 fully saturated rings. The molecule has 0 aromatic heterocycles. The van der Waals surface area contributed by atoms with Crippen molar-refractivity contribution in [3.8, 4) is 6.07 Å². The normalized spacial score (nSPS) is 21.2. The maximum absolute atomic E-state index is 11.8. The lowest BCUT2D eigenvalue weighted by molar-refractivity contribution is -0.0351. The second-order valence-electron chi connectivity index (χ2n) is 6.26. The summed E-state index contributed by atoms with van der Waals surface area (Å²) in [5, 5.41) is 10.1. The summed E-state index contributed by atoms with van der Waals surface area (Å²) >= 11 is 11.4. The highest BCUT2D eigenvalue weighted by Crippen LogP contribution is 2.23. The van der Waals surface area contributed by atoms with Gasteiger partial charge in [0.05, 0.1) is 17.7 Å². The summed E-state index contributed by atoms with van der Waals surface area (Å²) in [6, 6.07) is 8.44. The van der Waals surface area contributed by atoms with Crippen molar-refractivity contribution in [2.45, 2.75) is 38.6 Å². The fourth-order valence-electron chi connectivity index (χ4n) is 2.34. The van der Waals surface area contributed by atoms with E-state index in [0.717, 1.165) is 10.6 Å². The first-order valence-corrected chi connectivity index (χ1v) is 9.72. The predicted octanol–water partition coefficient (Wildman–Crippen LogP) is 5.45. The maximum Gasteiger partial charge on any atom is 0.338 e. The van der Waals surface area contributed by atoms with Gasteiger partial charge in [-0.1, -0.05) is 47.5 Å². The van der Waals surface area contributed by atoms with Crippen molar-refractivity contribution in [1.29, 1.82) is 5.26 Å². The van der Waals surface area contributed by atoms with Gasteiger partial charge in [-0.2, -0.15) is 5.26 Å². The number of allylic oxidation sites excluding steroid dienone is 5. The fraction of sp³-hybridized carbons (Fsp3) is 0.364. The molecule has 3 atom stereocenters. The van der Waals surface area contributed by atoms with E-state index in [0.29, 0.717) is 17.0 Å². The van der Waals surface area contributed by atoms with Crippen molar-refractivity contribution in [2.24, 2.45) is 0 Å². The van der Waals surface area contributed by atoms with Crippen molar-refractivity contribution >= 4 is 29.2 Å². The number of hydrogen-bond donors (Lipinski definition) is 0. The zero-order valence-electron chi connectivity index (χ0n) is 16.7. The van der Waals surface area contributed by atoms with Gasteiger partial charge < -0.3 is 14.2 Å². The third-order valence-electron chi connectivity index (χ3n) is 3.91. The molecule has 5 nitrogen and oxygen atoms in total. The summed E-state index contributed by atoms with van der Waals surface area (Å²) in [4.78, 5) is 11.8. The highest BCUT2D eigenvalue weighted by molar-refractivity contribution is 6.31. The van der Waals surface area contributed by atoms with Gasteiger partial charge in [-0.25, -0.2) is 4.79 Å². The van der Waals surface area contributed by atoms with Gasteiger partial charge in [-0.15, -0.1) is 0 Å². The van der Waals surface area contributed by atoms with Crippen molar-refractivity contribution in [3.05, 3.63) is 70.3 Å². The van der Waals surface area contributed by atoms with E-state index in [2.05, 4.69) is 6.58 Å². The molecule has 0 amide bonds. The van der Waals surface area contributed by atoms with Gasteiger partial charge in [0.2, 0.25) is 0 Å². The minimum absolute atomic E-state index is 0.0537. The fourth-order valence-corrected chi connectivity index (χ4v) is 2.53. The molecule has 3 unspecified atom stereocenters. The van der Waals surface area contributed by atoms with E-state index >= 15 is 0 Å². The van der Waals surface area contributed by atoms with Crippen LogP contribution in [0.1, 0.15) is 30.6 Å². The molecule has 1 aliphatic heterocycles. The molecule has 1 aromatic carbocycles. The monoisotopic (exact) mass is 437 g/mol. The second kappa shape index (κ2) is 13.2. The van der Waals surface area contributed by atoms with Gasteiger partial charge >= 0.3 is 5.97 Å². The number of methoxy groups -OCH3 is 1. The van der Waals surface area contributed by atoms with Crippen LogP contribution in [0.2, 0.25) is 5.02 Å². The van der Waals surface area contributed by atoms with Crippen molar-refractivity contribution < 1.29 is 19.0 Å². The zero-order valence-corrected chi connectivity index (χ0v) is 18.2. The van der Waals surface area contributed by atoms with E-state index in [1.165, 1.54) is 0 Å². The molecule has 1 heterocycles. The van der Waals surface area contributed by atoms with E-state index in [-0.39, 0.29) is 12.7 Å². The molecular formula is C22H25Cl2NO4. The summed E-state index contributed by atoms with van der Waals surface area (Å²) < 4.78 is 15.8. The number of rotatable bonds is 6. The predicted molar refractivity (Wildman–Crippen MR) is 115 cm³/mol. The third-order valence-corrected chi connectivity index (χ3v) is 4.50. The number of halogens is 2. The number of carbonyl (C=O) groups excluding carboxylic acids is 1. The molecule has 0 saturated carbocycles. The Hall–Kier alpha value is -2.10. The van der Waals surface area contributed by atoms with Crippen LogP contribution in [0.25, 0.3) is 0 Å². The van der Waals surface area contributed by atoms with Crippen LogP contribution >= 0.6 is 23.2 Å². The standard InChI is InChI=1S/C14H14ClNO4.C8H11Cl/c1-18-12-6-11(7-16)20-13(12)8-19-14(17)9-2-4-10(15)5-3-9;1-4-8(9)6-5-7(2)3/h2-5,11-13H,6,8H2,1H3;4-6H,2H2,1,3H3/b;6-5-,8-4+. The molecular weight excluding hydrogens is 413 g/mol. The van der Waals surface area contributed by atoms with Crippen LogP contribution in [0.5, 0.6) is 0 Å². The zero-order chi connectivity index (χ0) is 21.8. The van der Waals surface area contributed by atoms with Crippen LogP contribution in [-0.4, -0.2) is 38.0 Å². The number of esters is 1. The van der Waals surface area contributed by atoms with Gasteiger partial charge in [0.15, 0.2) is 0 Å². The highest BCUT2D eigenvalue weighted by atomic mass is 35.5. The van der Waals surface area contributed by atoms with Gasteiger partial charge in [0.1, 0.15) is 18.8 Å². The van der Waals surface area contributed by atoms with Crippen LogP contribution in [0.4, 0.5) is 0 Å². The minimum atomic E-state index is -0.515. The van der Waals surface area contributed by atoms with Crippen molar-refractivity contribution in [1.82, 2.24) is 0 Å². The summed E-state index contributed by atoms with van der Waals surface area (Å²) in [5.41, 5.74) is 1.42. The van der Waals surface area contributed by atoms with E-state index in [9.17, 15) is 4.79 Å². The van der Waals surface area contributed by atoms with Crippen LogP contribution in [0.15, 0.2) is 59.7 Å². The van der Waals surface area contributed by atoms with Gasteiger partial charge in [-0.3, -0.25) is 0 Å². The maximum atomic E-state index is 11.8. The average molecular weight is 438 g/mol. The van der Waals surface area contributed by atoms with Crippen LogP contribution < -0.4 is 0 Å². The van der Waals surface area contributed by atoms with Gasteiger partial charge in [0, 0.05) is 23.6 Å². The van der Waals surface area contributed by atoms with Crippen LogP contribution in [-0.2, 0) is 14.2 Å². The number of nitriles is 1. The molecule has 7 heteroatoms. The summed E-state index contributed by atoms with van der Waals surface area (Å²) in [5.74, 6) is -0.458. The highest BCUT2D eigenvalue weighted by Gasteiger charge is 2.36. The van der Waals surface area contributed by atoms with Gasteiger partial charge in [0.25, 0.3) is 0 Å². The first kappa shape index (κ1) is 24.9. The molecule has 0 aliphatic carbocycles. The lowest BCUT2D eigenvalue weighted by Crippen LogP contribution is -2.29. The SMILES string of the molecule is C=C(C)/C=C\C(Cl)=C/C.COC1CC(C#N)OC1COC(=O)c1ccc(Cl)cc1. The Kier molecular flexibility index (Phi) is 11.3. The summed E-state index contributed by atoms with van der Waals surface area (Å²) in [6.07, 6.45) is 4.85. The Balaban J connectivity index is 0.000000396. The molecule has 1 aromatic rings. The number of nitrogens with zero attached hydrogens (tertiary/aromatic N) is 1. The van der Waals surface area contributed by atoms with Gasteiger partial charge in [-0.05, 0) is 44.2 Å². The topological polar surface area (TPSA) is 68.6 Å². The van der Waals surface area contributed by atoms with E-state index < -0.39 is 18.2 Å². The third kappa shape index (κ3) is 9.29.